The summed E-state index contributed by atoms with van der Waals surface area (Å²) >= 11 is 0. The quantitative estimate of drug-likeness (QED) is 0.0738. The molecule has 0 aliphatic carbocycles. The van der Waals surface area contributed by atoms with Crippen LogP contribution in [0.5, 0.6) is 0 Å². The van der Waals surface area contributed by atoms with Crippen molar-refractivity contribution >= 4 is 41.4 Å². The van der Waals surface area contributed by atoms with Gasteiger partial charge >= 0.3 is 5.97 Å². The molecule has 5 rings (SSSR count). The molecule has 332 valence electrons. The molecular weight excluding hydrogens is 803 g/mol. The van der Waals surface area contributed by atoms with Crippen LogP contribution in [0.4, 0.5) is 0 Å². The van der Waals surface area contributed by atoms with Gasteiger partial charge < -0.3 is 30.7 Å². The first-order valence-electron chi connectivity index (χ1n) is 21.3. The monoisotopic (exact) mass is 859 g/mol. The van der Waals surface area contributed by atoms with E-state index in [2.05, 4.69) is 16.0 Å². The largest absolute Gasteiger partial charge is 0.459 e. The van der Waals surface area contributed by atoms with Gasteiger partial charge in [-0.1, -0.05) is 111 Å². The first-order valence-corrected chi connectivity index (χ1v) is 21.3. The standard InChI is InChI=1S/C49H57N5O9/c1-32(2)26-40(46(59)50-33(3)47(60)53(4)41(28-35-18-10-6-11-19-35)49(62)63-31-36-20-12-7-13-21-36)51-43(56)30-42(55)39(27-34-16-8-5-9-17-34)52-45(58)37-22-14-23-38(29-37)48(61)54-25-15-24-44(54)57/h5-14,16-23,29,32-33,39-42,55H,15,24-28,30-31H2,1-4H3,(H,50,59)(H,51,56)(H,52,58)/t33-,39-,40-,41+,42-/m0/s1. The van der Waals surface area contributed by atoms with E-state index >= 15 is 0 Å². The Morgan fingerprint density at radius 2 is 1.33 bits per heavy atom. The van der Waals surface area contributed by atoms with Gasteiger partial charge in [0.15, 0.2) is 0 Å². The molecule has 14 nitrogen and oxygen atoms in total. The molecule has 0 saturated carbocycles. The molecule has 0 spiro atoms. The Morgan fingerprint density at radius 1 is 0.746 bits per heavy atom. The van der Waals surface area contributed by atoms with E-state index < -0.39 is 72.2 Å². The molecule has 0 aromatic heterocycles. The van der Waals surface area contributed by atoms with E-state index in [1.165, 1.54) is 43.1 Å². The maximum Gasteiger partial charge on any atom is 0.329 e. The maximum atomic E-state index is 13.9. The fourth-order valence-electron chi connectivity index (χ4n) is 7.38. The van der Waals surface area contributed by atoms with Crippen molar-refractivity contribution in [2.45, 2.75) is 96.2 Å². The first kappa shape index (κ1) is 47.4. The number of imide groups is 1. The number of rotatable bonds is 20. The molecule has 5 atom stereocenters. The molecule has 1 heterocycles. The Hall–Kier alpha value is -6.67. The third-order valence-electron chi connectivity index (χ3n) is 10.8. The zero-order chi connectivity index (χ0) is 45.5. The predicted octanol–water partition coefficient (Wildman–Crippen LogP) is 4.39. The van der Waals surface area contributed by atoms with Crippen LogP contribution in [-0.2, 0) is 48.2 Å². The number of likely N-dealkylation sites (tertiary alicyclic amines) is 1. The lowest BCUT2D eigenvalue weighted by Crippen LogP contribution is -2.56. The van der Waals surface area contributed by atoms with E-state index in [1.54, 1.807) is 0 Å². The number of amides is 6. The van der Waals surface area contributed by atoms with Crippen LogP contribution >= 0.6 is 0 Å². The lowest BCUT2D eigenvalue weighted by Gasteiger charge is -2.30. The lowest BCUT2D eigenvalue weighted by atomic mass is 9.97. The molecular formula is C49H57N5O9. The predicted molar refractivity (Wildman–Crippen MR) is 236 cm³/mol. The van der Waals surface area contributed by atoms with Gasteiger partial charge in [-0.05, 0) is 67.0 Å². The number of carbonyl (C=O) groups excluding carboxylic acids is 7. The lowest BCUT2D eigenvalue weighted by molar-refractivity contribution is -0.156. The van der Waals surface area contributed by atoms with Gasteiger partial charge in [-0.2, -0.15) is 0 Å². The fourth-order valence-corrected chi connectivity index (χ4v) is 7.38. The summed E-state index contributed by atoms with van der Waals surface area (Å²) in [5, 5.41) is 19.8. The second-order valence-corrected chi connectivity index (χ2v) is 16.3. The van der Waals surface area contributed by atoms with Gasteiger partial charge in [0, 0.05) is 37.6 Å². The second kappa shape index (κ2) is 23.0. The van der Waals surface area contributed by atoms with E-state index in [4.69, 9.17) is 4.74 Å². The van der Waals surface area contributed by atoms with Crippen LogP contribution in [0, 0.1) is 5.92 Å². The van der Waals surface area contributed by atoms with E-state index in [-0.39, 0.29) is 55.2 Å². The van der Waals surface area contributed by atoms with Crippen molar-refractivity contribution in [2.75, 3.05) is 13.6 Å². The van der Waals surface area contributed by atoms with Crippen molar-refractivity contribution in [3.63, 3.8) is 0 Å². The van der Waals surface area contributed by atoms with Crippen LogP contribution < -0.4 is 16.0 Å². The molecule has 0 radical (unpaired) electrons. The van der Waals surface area contributed by atoms with Crippen LogP contribution in [0.15, 0.2) is 115 Å². The number of aliphatic hydroxyl groups excluding tert-OH is 1. The van der Waals surface area contributed by atoms with Gasteiger partial charge in [-0.25, -0.2) is 4.79 Å². The van der Waals surface area contributed by atoms with Crippen molar-refractivity contribution in [1.82, 2.24) is 25.8 Å². The highest BCUT2D eigenvalue weighted by molar-refractivity contribution is 6.07. The Balaban J connectivity index is 1.24. The Bertz CT molecular complexity index is 2200. The third-order valence-corrected chi connectivity index (χ3v) is 10.8. The van der Waals surface area contributed by atoms with Crippen molar-refractivity contribution in [3.8, 4) is 0 Å². The first-order chi connectivity index (χ1) is 30.2. The number of carbonyl (C=O) groups is 7. The summed E-state index contributed by atoms with van der Waals surface area (Å²) in [5.74, 6) is -3.90. The minimum atomic E-state index is -1.42. The highest BCUT2D eigenvalue weighted by Gasteiger charge is 2.34. The summed E-state index contributed by atoms with van der Waals surface area (Å²) < 4.78 is 5.64. The zero-order valence-electron chi connectivity index (χ0n) is 36.2. The van der Waals surface area contributed by atoms with E-state index in [9.17, 15) is 38.7 Å². The molecule has 1 saturated heterocycles. The van der Waals surface area contributed by atoms with E-state index in [1.807, 2.05) is 105 Å². The number of nitrogens with one attached hydrogen (secondary N) is 3. The molecule has 63 heavy (non-hydrogen) atoms. The van der Waals surface area contributed by atoms with Crippen molar-refractivity contribution < 1.29 is 43.4 Å². The van der Waals surface area contributed by atoms with Gasteiger partial charge in [0.2, 0.25) is 23.6 Å². The highest BCUT2D eigenvalue weighted by atomic mass is 16.5. The number of hydrogen-bond donors (Lipinski definition) is 4. The molecule has 6 amide bonds. The average Bonchev–Trinajstić information content (AvgIpc) is 3.72. The van der Waals surface area contributed by atoms with Crippen LogP contribution in [0.2, 0.25) is 0 Å². The summed E-state index contributed by atoms with van der Waals surface area (Å²) in [6.45, 7) is 5.56. The van der Waals surface area contributed by atoms with Gasteiger partial charge in [0.25, 0.3) is 11.8 Å². The normalized spacial score (nSPS) is 14.8. The van der Waals surface area contributed by atoms with Gasteiger partial charge in [-0.3, -0.25) is 33.7 Å². The summed E-state index contributed by atoms with van der Waals surface area (Å²) in [6, 6.07) is 29.2. The molecule has 4 N–H and O–H groups in total. The molecule has 1 aliphatic heterocycles. The van der Waals surface area contributed by atoms with Crippen LogP contribution in [0.3, 0.4) is 0 Å². The van der Waals surface area contributed by atoms with E-state index in [0.717, 1.165) is 21.6 Å². The third kappa shape index (κ3) is 13.9. The number of hydrogen-bond acceptors (Lipinski definition) is 9. The summed E-state index contributed by atoms with van der Waals surface area (Å²) in [6.07, 6.45) is -0.527. The number of likely N-dealkylation sites (N-methyl/N-ethyl adjacent to an activating group) is 1. The Morgan fingerprint density at radius 3 is 1.92 bits per heavy atom. The molecule has 0 bridgehead atoms. The van der Waals surface area contributed by atoms with Crippen molar-refractivity contribution in [3.05, 3.63) is 143 Å². The molecule has 4 aromatic rings. The minimum absolute atomic E-state index is 0.0168. The Kier molecular flexibility index (Phi) is 17.3. The van der Waals surface area contributed by atoms with E-state index in [0.29, 0.717) is 13.0 Å². The summed E-state index contributed by atoms with van der Waals surface area (Å²) in [5.41, 5.74) is 2.66. The van der Waals surface area contributed by atoms with Crippen molar-refractivity contribution in [2.24, 2.45) is 5.92 Å². The second-order valence-electron chi connectivity index (χ2n) is 16.3. The number of benzene rings is 4. The molecule has 14 heteroatoms. The highest BCUT2D eigenvalue weighted by Crippen LogP contribution is 2.18. The Labute approximate surface area is 368 Å². The average molecular weight is 860 g/mol. The maximum absolute atomic E-state index is 13.9. The number of esters is 1. The van der Waals surface area contributed by atoms with Gasteiger partial charge in [0.1, 0.15) is 24.7 Å². The zero-order valence-corrected chi connectivity index (χ0v) is 36.2. The molecule has 4 aromatic carbocycles. The smallest absolute Gasteiger partial charge is 0.329 e. The van der Waals surface area contributed by atoms with Gasteiger partial charge in [-0.15, -0.1) is 0 Å². The SMILES string of the molecule is CC(C)C[C@H](NC(=O)C[C@H](O)[C@H](Cc1ccccc1)NC(=O)c1cccc(C(=O)N2CCCC2=O)c1)C(=O)N[C@@H](C)C(=O)N(C)[C@H](Cc1ccccc1)C(=O)OCc1ccccc1. The minimum Gasteiger partial charge on any atom is -0.459 e. The topological polar surface area (TPSA) is 192 Å². The summed E-state index contributed by atoms with van der Waals surface area (Å²) in [4.78, 5) is 96.1. The fraction of sp³-hybridized carbons (Fsp3) is 0.367. The van der Waals surface area contributed by atoms with Crippen molar-refractivity contribution in [1.29, 1.82) is 0 Å². The van der Waals surface area contributed by atoms with Crippen LogP contribution in [0.1, 0.15) is 83.9 Å². The summed E-state index contributed by atoms with van der Waals surface area (Å²) in [7, 11) is 1.48. The van der Waals surface area contributed by atoms with Crippen LogP contribution in [-0.4, -0.2) is 100 Å². The van der Waals surface area contributed by atoms with Crippen LogP contribution in [0.25, 0.3) is 0 Å². The number of aliphatic hydroxyl groups is 1. The number of nitrogens with zero attached hydrogens (tertiary/aromatic N) is 2. The number of ether oxygens (including phenoxy) is 1. The molecule has 1 fully saturated rings. The molecule has 0 unspecified atom stereocenters. The van der Waals surface area contributed by atoms with Gasteiger partial charge in [0.05, 0.1) is 18.6 Å². The molecule has 1 aliphatic rings.